The van der Waals surface area contributed by atoms with Crippen LogP contribution < -0.4 is 5.32 Å². The molecule has 0 spiro atoms. The van der Waals surface area contributed by atoms with Gasteiger partial charge in [0.05, 0.1) is 18.8 Å². The van der Waals surface area contributed by atoms with Crippen molar-refractivity contribution >= 4 is 5.97 Å². The number of carbonyl (C=O) groups excluding carboxylic acids is 1. The van der Waals surface area contributed by atoms with Crippen molar-refractivity contribution < 1.29 is 9.53 Å². The molecule has 1 aromatic rings. The number of nitrogens with zero attached hydrogens (tertiary/aromatic N) is 2. The van der Waals surface area contributed by atoms with E-state index in [0.717, 1.165) is 12.0 Å². The highest BCUT2D eigenvalue weighted by Gasteiger charge is 2.20. The first-order valence-corrected chi connectivity index (χ1v) is 7.09. The Balaban J connectivity index is 2.63. The molecule has 0 aliphatic heterocycles. The lowest BCUT2D eigenvalue weighted by atomic mass is 10.0. The quantitative estimate of drug-likeness (QED) is 0.813. The first kappa shape index (κ1) is 16.7. The minimum absolute atomic E-state index is 0.0298. The van der Waals surface area contributed by atoms with Crippen molar-refractivity contribution in [2.24, 2.45) is 5.92 Å². The monoisotopic (exact) mass is 281 g/mol. The molecule has 1 heterocycles. The Morgan fingerprint density at radius 2 is 2.10 bits per heavy atom. The van der Waals surface area contributed by atoms with E-state index in [0.29, 0.717) is 12.5 Å². The average Bonchev–Trinajstić information content (AvgIpc) is 2.81. The van der Waals surface area contributed by atoms with Crippen LogP contribution in [0.1, 0.15) is 46.6 Å². The first-order chi connectivity index (χ1) is 9.24. The fraction of sp³-hybridized carbons (Fsp3) is 0.733. The van der Waals surface area contributed by atoms with Crippen LogP contribution >= 0.6 is 0 Å². The maximum absolute atomic E-state index is 11.7. The van der Waals surface area contributed by atoms with E-state index in [4.69, 9.17) is 4.74 Å². The van der Waals surface area contributed by atoms with E-state index in [-0.39, 0.29) is 17.6 Å². The molecule has 0 amide bonds. The largest absolute Gasteiger partial charge is 0.468 e. The summed E-state index contributed by atoms with van der Waals surface area (Å²) >= 11 is 0. The highest BCUT2D eigenvalue weighted by Crippen LogP contribution is 2.13. The van der Waals surface area contributed by atoms with Crippen LogP contribution in [0.25, 0.3) is 0 Å². The van der Waals surface area contributed by atoms with Crippen LogP contribution in [0.3, 0.4) is 0 Å². The fourth-order valence-corrected chi connectivity index (χ4v) is 1.94. The zero-order valence-electron chi connectivity index (χ0n) is 13.4. The second-order valence-corrected chi connectivity index (χ2v) is 6.55. The molecule has 0 saturated heterocycles. The van der Waals surface area contributed by atoms with E-state index in [9.17, 15) is 4.79 Å². The Morgan fingerprint density at radius 1 is 1.45 bits per heavy atom. The van der Waals surface area contributed by atoms with E-state index in [1.54, 1.807) is 0 Å². The molecule has 0 saturated carbocycles. The van der Waals surface area contributed by atoms with E-state index in [1.807, 2.05) is 17.1 Å². The van der Waals surface area contributed by atoms with Gasteiger partial charge in [-0.05, 0) is 33.1 Å². The predicted molar refractivity (Wildman–Crippen MR) is 79.3 cm³/mol. The summed E-state index contributed by atoms with van der Waals surface area (Å²) in [5.74, 6) is 0.228. The second-order valence-electron chi connectivity index (χ2n) is 6.55. The number of methoxy groups -OCH3 is 1. The summed E-state index contributed by atoms with van der Waals surface area (Å²) in [5, 5.41) is 7.61. The number of carbonyl (C=O) groups is 1. The average molecular weight is 281 g/mol. The number of nitrogens with one attached hydrogen (secondary N) is 1. The normalized spacial score (nSPS) is 13.6. The van der Waals surface area contributed by atoms with Crippen molar-refractivity contribution in [3.63, 3.8) is 0 Å². The highest BCUT2D eigenvalue weighted by atomic mass is 16.5. The summed E-state index contributed by atoms with van der Waals surface area (Å²) < 4.78 is 6.77. The summed E-state index contributed by atoms with van der Waals surface area (Å²) in [4.78, 5) is 11.7. The molecule has 1 rings (SSSR count). The van der Waals surface area contributed by atoms with Gasteiger partial charge in [0.25, 0.3) is 0 Å². The van der Waals surface area contributed by atoms with Crippen LogP contribution in [-0.2, 0) is 21.6 Å². The zero-order chi connectivity index (χ0) is 15.3. The molecule has 5 heteroatoms. The minimum atomic E-state index is -0.266. The van der Waals surface area contributed by atoms with Crippen LogP contribution in [0, 0.1) is 5.92 Å². The van der Waals surface area contributed by atoms with Gasteiger partial charge in [0, 0.05) is 18.3 Å². The predicted octanol–water partition coefficient (Wildman–Crippen LogP) is 2.32. The third-order valence-electron chi connectivity index (χ3n) is 3.07. The van der Waals surface area contributed by atoms with Crippen LogP contribution in [0.15, 0.2) is 12.4 Å². The van der Waals surface area contributed by atoms with Gasteiger partial charge in [-0.1, -0.05) is 13.8 Å². The summed E-state index contributed by atoms with van der Waals surface area (Å²) in [7, 11) is 1.43. The van der Waals surface area contributed by atoms with E-state index in [1.165, 1.54) is 7.11 Å². The number of aromatic nitrogens is 2. The standard InChI is InChI=1S/C15H27N3O2/c1-11(2)7-13(14(19)20-6)16-8-12-9-17-18(10-12)15(3,4)5/h9-11,13,16H,7-8H2,1-6H3. The lowest BCUT2D eigenvalue weighted by Gasteiger charge is -2.19. The Labute approximate surface area is 121 Å². The van der Waals surface area contributed by atoms with Crippen LogP contribution in [-0.4, -0.2) is 28.9 Å². The molecule has 0 aliphatic rings. The zero-order valence-corrected chi connectivity index (χ0v) is 13.4. The van der Waals surface area contributed by atoms with Crippen molar-refractivity contribution in [1.29, 1.82) is 0 Å². The van der Waals surface area contributed by atoms with Crippen molar-refractivity contribution in [2.75, 3.05) is 7.11 Å². The molecule has 0 fully saturated rings. The van der Waals surface area contributed by atoms with Gasteiger partial charge in [-0.3, -0.25) is 9.48 Å². The molecule has 1 aromatic heterocycles. The molecule has 0 bridgehead atoms. The molecular weight excluding hydrogens is 254 g/mol. The lowest BCUT2D eigenvalue weighted by Crippen LogP contribution is -2.38. The van der Waals surface area contributed by atoms with Gasteiger partial charge in [0.15, 0.2) is 0 Å². The van der Waals surface area contributed by atoms with Crippen LogP contribution in [0.4, 0.5) is 0 Å². The Hall–Kier alpha value is -1.36. The SMILES string of the molecule is COC(=O)C(CC(C)C)NCc1cnn(C(C)(C)C)c1. The van der Waals surface area contributed by atoms with Crippen molar-refractivity contribution in [1.82, 2.24) is 15.1 Å². The third kappa shape index (κ3) is 4.96. The van der Waals surface area contributed by atoms with Gasteiger partial charge < -0.3 is 10.1 Å². The van der Waals surface area contributed by atoms with Gasteiger partial charge in [0.2, 0.25) is 0 Å². The van der Waals surface area contributed by atoms with Gasteiger partial charge in [-0.2, -0.15) is 5.10 Å². The molecule has 0 aromatic carbocycles. The molecule has 1 N–H and O–H groups in total. The van der Waals surface area contributed by atoms with E-state index < -0.39 is 0 Å². The first-order valence-electron chi connectivity index (χ1n) is 7.09. The van der Waals surface area contributed by atoms with E-state index >= 15 is 0 Å². The number of esters is 1. The maximum Gasteiger partial charge on any atom is 0.322 e. The molecule has 0 radical (unpaired) electrons. The Morgan fingerprint density at radius 3 is 2.55 bits per heavy atom. The highest BCUT2D eigenvalue weighted by molar-refractivity contribution is 5.75. The topological polar surface area (TPSA) is 56.1 Å². The molecule has 1 unspecified atom stereocenters. The molecule has 0 aliphatic carbocycles. The number of rotatable bonds is 6. The Kier molecular flexibility index (Phi) is 5.74. The van der Waals surface area contributed by atoms with E-state index in [2.05, 4.69) is 45.0 Å². The van der Waals surface area contributed by atoms with Gasteiger partial charge in [-0.15, -0.1) is 0 Å². The summed E-state index contributed by atoms with van der Waals surface area (Å²) in [6.07, 6.45) is 4.61. The summed E-state index contributed by atoms with van der Waals surface area (Å²) in [6.45, 7) is 11.1. The number of ether oxygens (including phenoxy) is 1. The maximum atomic E-state index is 11.7. The lowest BCUT2D eigenvalue weighted by molar-refractivity contribution is -0.143. The second kappa shape index (κ2) is 6.88. The van der Waals surface area contributed by atoms with Crippen LogP contribution in [0.5, 0.6) is 0 Å². The third-order valence-corrected chi connectivity index (χ3v) is 3.07. The molecule has 5 nitrogen and oxygen atoms in total. The van der Waals surface area contributed by atoms with Crippen molar-refractivity contribution in [3.8, 4) is 0 Å². The summed E-state index contributed by atoms with van der Waals surface area (Å²) in [5.41, 5.74) is 1.04. The van der Waals surface area contributed by atoms with Gasteiger partial charge in [-0.25, -0.2) is 0 Å². The molecule has 20 heavy (non-hydrogen) atoms. The molecule has 114 valence electrons. The van der Waals surface area contributed by atoms with Crippen LogP contribution in [0.2, 0.25) is 0 Å². The fourth-order valence-electron chi connectivity index (χ4n) is 1.94. The number of hydrogen-bond acceptors (Lipinski definition) is 4. The molecular formula is C15H27N3O2. The summed E-state index contributed by atoms with van der Waals surface area (Å²) in [6, 6.07) is -0.266. The van der Waals surface area contributed by atoms with Crippen molar-refractivity contribution in [3.05, 3.63) is 18.0 Å². The van der Waals surface area contributed by atoms with Crippen molar-refractivity contribution in [2.45, 2.75) is 59.2 Å². The van der Waals surface area contributed by atoms with Gasteiger partial charge in [0.1, 0.15) is 6.04 Å². The molecule has 1 atom stereocenters. The smallest absolute Gasteiger partial charge is 0.322 e. The Bertz CT molecular complexity index is 433. The van der Waals surface area contributed by atoms with Gasteiger partial charge >= 0.3 is 5.97 Å². The minimum Gasteiger partial charge on any atom is -0.468 e. The number of hydrogen-bond donors (Lipinski definition) is 1.